The molecule has 1 N–H and O–H groups in total. The molecule has 1 aromatic heterocycles. The van der Waals surface area contributed by atoms with Crippen molar-refractivity contribution in [2.45, 2.75) is 59.0 Å². The second-order valence-electron chi connectivity index (χ2n) is 6.23. The average molecular weight is 278 g/mol. The van der Waals surface area contributed by atoms with Gasteiger partial charge in [0.25, 0.3) is 0 Å². The molecule has 0 aromatic carbocycles. The zero-order chi connectivity index (χ0) is 14.7. The van der Waals surface area contributed by atoms with Crippen LogP contribution >= 0.6 is 0 Å². The minimum Gasteiger partial charge on any atom is -0.356 e. The van der Waals surface area contributed by atoms with Gasteiger partial charge in [-0.2, -0.15) is 5.10 Å². The molecule has 4 heteroatoms. The predicted molar refractivity (Wildman–Crippen MR) is 85.1 cm³/mol. The van der Waals surface area contributed by atoms with Gasteiger partial charge in [-0.15, -0.1) is 0 Å². The number of aryl methyl sites for hydroxylation is 2. The van der Waals surface area contributed by atoms with Gasteiger partial charge in [0.2, 0.25) is 0 Å². The molecule has 20 heavy (non-hydrogen) atoms. The summed E-state index contributed by atoms with van der Waals surface area (Å²) in [5.74, 6) is 2.07. The molecule has 1 heterocycles. The minimum absolute atomic E-state index is 0.652. The molecule has 0 radical (unpaired) electrons. The fraction of sp³-hybridized carbons (Fsp3) is 0.812. The second-order valence-corrected chi connectivity index (χ2v) is 6.23. The molecule has 1 aliphatic rings. The Balaban J connectivity index is 2.25. The van der Waals surface area contributed by atoms with Crippen molar-refractivity contribution in [3.63, 3.8) is 0 Å². The largest absolute Gasteiger partial charge is 0.356 e. The second kappa shape index (κ2) is 6.61. The van der Waals surface area contributed by atoms with Crippen LogP contribution in [0, 0.1) is 12.8 Å². The lowest BCUT2D eigenvalue weighted by molar-refractivity contribution is 0.319. The molecule has 2 rings (SSSR count). The maximum atomic E-state index is 4.64. The number of hydrogen-bond donors (Lipinski definition) is 1. The van der Waals surface area contributed by atoms with Crippen LogP contribution in [0.2, 0.25) is 0 Å². The lowest BCUT2D eigenvalue weighted by Crippen LogP contribution is -2.40. The number of hydrogen-bond acceptors (Lipinski definition) is 3. The van der Waals surface area contributed by atoms with Crippen LogP contribution in [-0.2, 0) is 13.6 Å². The van der Waals surface area contributed by atoms with Gasteiger partial charge in [0.1, 0.15) is 5.82 Å². The molecule has 2 atom stereocenters. The van der Waals surface area contributed by atoms with E-state index in [1.54, 1.807) is 0 Å². The molecule has 1 aromatic rings. The minimum atomic E-state index is 0.652. The molecule has 0 bridgehead atoms. The molecule has 0 spiro atoms. The van der Waals surface area contributed by atoms with Gasteiger partial charge >= 0.3 is 0 Å². The fourth-order valence-electron chi connectivity index (χ4n) is 3.62. The molecule has 114 valence electrons. The van der Waals surface area contributed by atoms with Crippen molar-refractivity contribution in [3.05, 3.63) is 11.3 Å². The molecule has 0 aliphatic heterocycles. The van der Waals surface area contributed by atoms with Crippen LogP contribution in [0.3, 0.4) is 0 Å². The lowest BCUT2D eigenvalue weighted by Gasteiger charge is -2.38. The number of anilines is 1. The Morgan fingerprint density at radius 3 is 2.70 bits per heavy atom. The Bertz CT molecular complexity index is 438. The molecular formula is C16H30N4. The van der Waals surface area contributed by atoms with Crippen LogP contribution in [-0.4, -0.2) is 29.4 Å². The number of nitrogens with zero attached hydrogens (tertiary/aromatic N) is 3. The third-order valence-corrected chi connectivity index (χ3v) is 4.76. The Hall–Kier alpha value is -1.03. The quantitative estimate of drug-likeness (QED) is 0.899. The van der Waals surface area contributed by atoms with Crippen molar-refractivity contribution in [2.75, 3.05) is 18.5 Å². The van der Waals surface area contributed by atoms with Gasteiger partial charge in [0.15, 0.2) is 0 Å². The van der Waals surface area contributed by atoms with Gasteiger partial charge in [-0.05, 0) is 32.2 Å². The molecule has 1 aliphatic carbocycles. The van der Waals surface area contributed by atoms with Crippen molar-refractivity contribution in [1.29, 1.82) is 0 Å². The summed E-state index contributed by atoms with van der Waals surface area (Å²) in [6.07, 6.45) is 5.41. The van der Waals surface area contributed by atoms with Crippen LogP contribution in [0.25, 0.3) is 0 Å². The Kier molecular flexibility index (Phi) is 5.08. The normalized spacial score (nSPS) is 23.1. The first-order chi connectivity index (χ1) is 9.56. The standard InChI is InChI=1S/C16H30N4/c1-6-17-11-14-13(3)18-20(5)16(14)19(4)15-10-8-7-9-12(15)2/h12,15,17H,6-11H2,1-5H3. The van der Waals surface area contributed by atoms with E-state index in [1.807, 2.05) is 0 Å². The van der Waals surface area contributed by atoms with E-state index in [1.165, 1.54) is 37.1 Å². The molecule has 4 nitrogen and oxygen atoms in total. The van der Waals surface area contributed by atoms with Crippen LogP contribution in [0.4, 0.5) is 5.82 Å². The van der Waals surface area contributed by atoms with Gasteiger partial charge in [0.05, 0.1) is 5.69 Å². The van der Waals surface area contributed by atoms with E-state index < -0.39 is 0 Å². The highest BCUT2D eigenvalue weighted by molar-refractivity contribution is 5.50. The summed E-state index contributed by atoms with van der Waals surface area (Å²) in [7, 11) is 4.32. The summed E-state index contributed by atoms with van der Waals surface area (Å²) in [5, 5.41) is 8.09. The Morgan fingerprint density at radius 2 is 2.05 bits per heavy atom. The first kappa shape index (κ1) is 15.4. The van der Waals surface area contributed by atoms with E-state index in [2.05, 4.69) is 54.9 Å². The van der Waals surface area contributed by atoms with Crippen LogP contribution in [0.15, 0.2) is 0 Å². The highest BCUT2D eigenvalue weighted by Gasteiger charge is 2.28. The molecule has 1 saturated carbocycles. The number of nitrogens with one attached hydrogen (secondary N) is 1. The number of rotatable bonds is 5. The smallest absolute Gasteiger partial charge is 0.131 e. The Morgan fingerprint density at radius 1 is 1.35 bits per heavy atom. The third kappa shape index (κ3) is 3.00. The van der Waals surface area contributed by atoms with Crippen molar-refractivity contribution in [2.24, 2.45) is 13.0 Å². The maximum Gasteiger partial charge on any atom is 0.131 e. The summed E-state index contributed by atoms with van der Waals surface area (Å²) in [6, 6.07) is 0.652. The fourth-order valence-corrected chi connectivity index (χ4v) is 3.62. The Labute approximate surface area is 123 Å². The van der Waals surface area contributed by atoms with Gasteiger partial charge in [-0.3, -0.25) is 4.68 Å². The van der Waals surface area contributed by atoms with Crippen LogP contribution < -0.4 is 10.2 Å². The van der Waals surface area contributed by atoms with Gasteiger partial charge in [0, 0.05) is 32.2 Å². The highest BCUT2D eigenvalue weighted by atomic mass is 15.4. The average Bonchev–Trinajstić information content (AvgIpc) is 2.70. The summed E-state index contributed by atoms with van der Waals surface area (Å²) >= 11 is 0. The first-order valence-corrected chi connectivity index (χ1v) is 8.02. The van der Waals surface area contributed by atoms with Gasteiger partial charge in [-0.1, -0.05) is 26.7 Å². The first-order valence-electron chi connectivity index (χ1n) is 8.02. The SMILES string of the molecule is CCNCc1c(C)nn(C)c1N(C)C1CCCCC1C. The van der Waals surface area contributed by atoms with E-state index in [4.69, 9.17) is 0 Å². The van der Waals surface area contributed by atoms with Crippen LogP contribution in [0.1, 0.15) is 50.8 Å². The van der Waals surface area contributed by atoms with E-state index in [-0.39, 0.29) is 0 Å². The summed E-state index contributed by atoms with van der Waals surface area (Å²) < 4.78 is 2.06. The third-order valence-electron chi connectivity index (χ3n) is 4.76. The highest BCUT2D eigenvalue weighted by Crippen LogP contribution is 2.32. The summed E-state index contributed by atoms with van der Waals surface area (Å²) in [5.41, 5.74) is 2.51. The zero-order valence-electron chi connectivity index (χ0n) is 13.7. The molecular weight excluding hydrogens is 248 g/mol. The molecule has 0 amide bonds. The summed E-state index contributed by atoms with van der Waals surface area (Å²) in [6.45, 7) is 8.58. The molecule has 0 saturated heterocycles. The number of aromatic nitrogens is 2. The van der Waals surface area contributed by atoms with Gasteiger partial charge < -0.3 is 10.2 Å². The van der Waals surface area contributed by atoms with Crippen molar-refractivity contribution >= 4 is 5.82 Å². The van der Waals surface area contributed by atoms with Crippen molar-refractivity contribution < 1.29 is 0 Å². The van der Waals surface area contributed by atoms with Gasteiger partial charge in [-0.25, -0.2) is 0 Å². The lowest BCUT2D eigenvalue weighted by atomic mass is 9.85. The summed E-state index contributed by atoms with van der Waals surface area (Å²) in [4.78, 5) is 2.48. The van der Waals surface area contributed by atoms with Crippen molar-refractivity contribution in [3.8, 4) is 0 Å². The molecule has 2 unspecified atom stereocenters. The van der Waals surface area contributed by atoms with E-state index in [0.29, 0.717) is 6.04 Å². The van der Waals surface area contributed by atoms with E-state index >= 15 is 0 Å². The molecule has 1 fully saturated rings. The topological polar surface area (TPSA) is 33.1 Å². The van der Waals surface area contributed by atoms with E-state index in [9.17, 15) is 0 Å². The van der Waals surface area contributed by atoms with E-state index in [0.717, 1.165) is 24.7 Å². The zero-order valence-corrected chi connectivity index (χ0v) is 13.7. The maximum absolute atomic E-state index is 4.64. The van der Waals surface area contributed by atoms with Crippen molar-refractivity contribution in [1.82, 2.24) is 15.1 Å². The predicted octanol–water partition coefficient (Wildman–Crippen LogP) is 2.85. The van der Waals surface area contributed by atoms with Crippen LogP contribution in [0.5, 0.6) is 0 Å². The monoisotopic (exact) mass is 278 g/mol.